The molecule has 252 valence electrons. The van der Waals surface area contributed by atoms with Crippen molar-refractivity contribution in [3.63, 3.8) is 0 Å². The molecule has 3 heterocycles. The maximum absolute atomic E-state index is 4.87. The van der Waals surface area contributed by atoms with Crippen LogP contribution in [0.1, 0.15) is 66.3 Å². The van der Waals surface area contributed by atoms with E-state index in [2.05, 4.69) is 148 Å². The van der Waals surface area contributed by atoms with Gasteiger partial charge in [0, 0.05) is 35.3 Å². The molecule has 0 radical (unpaired) electrons. The van der Waals surface area contributed by atoms with Crippen LogP contribution in [0.5, 0.6) is 0 Å². The first-order chi connectivity index (χ1) is 24.6. The van der Waals surface area contributed by atoms with Gasteiger partial charge in [0.05, 0.1) is 17.1 Å². The Labute approximate surface area is 298 Å². The van der Waals surface area contributed by atoms with Crippen LogP contribution in [-0.2, 0) is 19.3 Å². The molecular formula is C47H49N3. The second-order valence-electron chi connectivity index (χ2n) is 14.6. The average Bonchev–Trinajstić information content (AvgIpc) is 3.17. The number of pyridine rings is 3. The Morgan fingerprint density at radius 2 is 0.800 bits per heavy atom. The van der Waals surface area contributed by atoms with E-state index < -0.39 is 0 Å². The molecule has 0 spiro atoms. The van der Waals surface area contributed by atoms with Crippen molar-refractivity contribution in [2.75, 3.05) is 0 Å². The van der Waals surface area contributed by atoms with Crippen LogP contribution in [0.15, 0.2) is 134 Å². The third kappa shape index (κ3) is 8.63. The summed E-state index contributed by atoms with van der Waals surface area (Å²) in [5.74, 6) is 2.24. The molecule has 1 aliphatic carbocycles. The van der Waals surface area contributed by atoms with E-state index in [1.807, 2.05) is 0 Å². The number of aromatic nitrogens is 3. The van der Waals surface area contributed by atoms with Crippen LogP contribution in [0.25, 0.3) is 33.8 Å². The zero-order valence-corrected chi connectivity index (χ0v) is 29.6. The number of benzene rings is 3. The SMILES string of the molecule is Cc1ccccc1-c1ccc(CC[C@@H]2CC(CCc3ccc(-c4ccccc4)nc3)C[C@H](CCc3ccc(-c4ccccc4C)nc3)C2)cn1. The lowest BCUT2D eigenvalue weighted by atomic mass is 9.70. The Bertz CT molecular complexity index is 1850. The van der Waals surface area contributed by atoms with Gasteiger partial charge in [0.1, 0.15) is 0 Å². The van der Waals surface area contributed by atoms with Crippen molar-refractivity contribution >= 4 is 0 Å². The Balaban J connectivity index is 0.991. The number of nitrogens with zero attached hydrogens (tertiary/aromatic N) is 3. The predicted molar refractivity (Wildman–Crippen MR) is 208 cm³/mol. The van der Waals surface area contributed by atoms with Crippen LogP contribution in [0, 0.1) is 31.6 Å². The van der Waals surface area contributed by atoms with Gasteiger partial charge in [0.2, 0.25) is 0 Å². The van der Waals surface area contributed by atoms with Gasteiger partial charge in [0.25, 0.3) is 0 Å². The quantitative estimate of drug-likeness (QED) is 0.132. The Kier molecular flexibility index (Phi) is 10.9. The largest absolute Gasteiger partial charge is 0.256 e. The summed E-state index contributed by atoms with van der Waals surface area (Å²) in [6, 6.07) is 41.0. The number of hydrogen-bond donors (Lipinski definition) is 0. The molecule has 3 aromatic carbocycles. The van der Waals surface area contributed by atoms with Crippen molar-refractivity contribution in [1.82, 2.24) is 15.0 Å². The second-order valence-corrected chi connectivity index (χ2v) is 14.6. The van der Waals surface area contributed by atoms with Crippen molar-refractivity contribution in [2.24, 2.45) is 17.8 Å². The molecule has 0 bridgehead atoms. The summed E-state index contributed by atoms with van der Waals surface area (Å²) in [4.78, 5) is 14.6. The molecule has 3 atom stereocenters. The van der Waals surface area contributed by atoms with E-state index in [-0.39, 0.29) is 0 Å². The van der Waals surface area contributed by atoms with Gasteiger partial charge in [-0.2, -0.15) is 0 Å². The van der Waals surface area contributed by atoms with E-state index in [1.54, 1.807) is 0 Å². The summed E-state index contributed by atoms with van der Waals surface area (Å²) in [5, 5.41) is 0. The van der Waals surface area contributed by atoms with Gasteiger partial charge in [-0.25, -0.2) is 0 Å². The summed E-state index contributed by atoms with van der Waals surface area (Å²) in [5.41, 5.74) is 13.4. The third-order valence-electron chi connectivity index (χ3n) is 10.9. The van der Waals surface area contributed by atoms with Crippen molar-refractivity contribution in [2.45, 2.75) is 71.6 Å². The molecule has 3 nitrogen and oxygen atoms in total. The highest BCUT2D eigenvalue weighted by atomic mass is 14.7. The highest BCUT2D eigenvalue weighted by Gasteiger charge is 2.28. The Morgan fingerprint density at radius 3 is 1.18 bits per heavy atom. The highest BCUT2D eigenvalue weighted by Crippen LogP contribution is 2.40. The summed E-state index contributed by atoms with van der Waals surface area (Å²) in [7, 11) is 0. The second kappa shape index (κ2) is 16.2. The maximum Gasteiger partial charge on any atom is 0.0704 e. The minimum Gasteiger partial charge on any atom is -0.256 e. The highest BCUT2D eigenvalue weighted by molar-refractivity contribution is 5.64. The molecule has 1 unspecified atom stereocenters. The van der Waals surface area contributed by atoms with Crippen LogP contribution in [0.3, 0.4) is 0 Å². The predicted octanol–water partition coefficient (Wildman–Crippen LogP) is 11.7. The molecule has 0 amide bonds. The van der Waals surface area contributed by atoms with Crippen LogP contribution >= 0.6 is 0 Å². The lowest BCUT2D eigenvalue weighted by molar-refractivity contribution is 0.172. The molecular weight excluding hydrogens is 607 g/mol. The van der Waals surface area contributed by atoms with Gasteiger partial charge in [-0.15, -0.1) is 0 Å². The molecule has 6 aromatic rings. The van der Waals surface area contributed by atoms with E-state index in [0.717, 1.165) is 54.1 Å². The van der Waals surface area contributed by atoms with Crippen molar-refractivity contribution in [3.8, 4) is 33.8 Å². The zero-order chi connectivity index (χ0) is 34.1. The number of hydrogen-bond acceptors (Lipinski definition) is 3. The minimum absolute atomic E-state index is 0.745. The molecule has 3 aromatic heterocycles. The number of aryl methyl sites for hydroxylation is 5. The van der Waals surface area contributed by atoms with E-state index in [4.69, 9.17) is 15.0 Å². The average molecular weight is 656 g/mol. The summed E-state index contributed by atoms with van der Waals surface area (Å²) >= 11 is 0. The summed E-state index contributed by atoms with van der Waals surface area (Å²) in [6.45, 7) is 4.32. The van der Waals surface area contributed by atoms with Crippen LogP contribution in [0.2, 0.25) is 0 Å². The Hall–Kier alpha value is -4.89. The third-order valence-corrected chi connectivity index (χ3v) is 10.9. The first-order valence-corrected chi connectivity index (χ1v) is 18.6. The van der Waals surface area contributed by atoms with Gasteiger partial charge in [0.15, 0.2) is 0 Å². The number of rotatable bonds is 12. The van der Waals surface area contributed by atoms with E-state index in [0.29, 0.717) is 0 Å². The summed E-state index contributed by atoms with van der Waals surface area (Å²) in [6.07, 6.45) is 17.3. The van der Waals surface area contributed by atoms with E-state index in [1.165, 1.54) is 83.0 Å². The van der Waals surface area contributed by atoms with Crippen molar-refractivity contribution in [1.29, 1.82) is 0 Å². The molecule has 0 N–H and O–H groups in total. The van der Waals surface area contributed by atoms with Crippen LogP contribution < -0.4 is 0 Å². The maximum atomic E-state index is 4.87. The lowest BCUT2D eigenvalue weighted by Crippen LogP contribution is -2.24. The van der Waals surface area contributed by atoms with Gasteiger partial charge in [-0.1, -0.05) is 97.1 Å². The van der Waals surface area contributed by atoms with Gasteiger partial charge >= 0.3 is 0 Å². The topological polar surface area (TPSA) is 38.7 Å². The van der Waals surface area contributed by atoms with Crippen LogP contribution in [0.4, 0.5) is 0 Å². The molecule has 1 fully saturated rings. The van der Waals surface area contributed by atoms with E-state index >= 15 is 0 Å². The van der Waals surface area contributed by atoms with Crippen molar-refractivity contribution in [3.05, 3.63) is 162 Å². The fourth-order valence-electron chi connectivity index (χ4n) is 8.06. The van der Waals surface area contributed by atoms with E-state index in [9.17, 15) is 0 Å². The molecule has 0 aliphatic heterocycles. The molecule has 50 heavy (non-hydrogen) atoms. The normalized spacial score (nSPS) is 17.4. The van der Waals surface area contributed by atoms with Gasteiger partial charge in [-0.3, -0.25) is 15.0 Å². The Morgan fingerprint density at radius 1 is 0.420 bits per heavy atom. The molecule has 1 saturated carbocycles. The lowest BCUT2D eigenvalue weighted by Gasteiger charge is -2.35. The minimum atomic E-state index is 0.745. The summed E-state index contributed by atoms with van der Waals surface area (Å²) < 4.78 is 0. The van der Waals surface area contributed by atoms with Gasteiger partial charge in [-0.05, 0) is 135 Å². The fraction of sp³-hybridized carbons (Fsp3) is 0.298. The smallest absolute Gasteiger partial charge is 0.0704 e. The molecule has 0 saturated heterocycles. The first-order valence-electron chi connectivity index (χ1n) is 18.6. The molecule has 3 heteroatoms. The standard InChI is InChI=1S/C47H49N3/c1-34-10-6-8-14-43(34)46-26-23-37(32-49-46)17-20-40-28-39(19-16-36-22-25-45(48-31-36)42-12-4-3-5-13-42)29-41(30-40)21-18-38-24-27-47(50-33-38)44-15-9-7-11-35(44)2/h3-15,22-27,31-33,39-41H,16-21,28-30H2,1-2H3/t39?,40-,41+. The van der Waals surface area contributed by atoms with Crippen LogP contribution in [-0.4, -0.2) is 15.0 Å². The molecule has 7 rings (SSSR count). The van der Waals surface area contributed by atoms with Crippen molar-refractivity contribution < 1.29 is 0 Å². The molecule has 1 aliphatic rings. The fourth-order valence-corrected chi connectivity index (χ4v) is 8.06. The monoisotopic (exact) mass is 655 g/mol. The first kappa shape index (κ1) is 33.6. The van der Waals surface area contributed by atoms with Gasteiger partial charge < -0.3 is 0 Å². The zero-order valence-electron chi connectivity index (χ0n) is 29.6.